The van der Waals surface area contributed by atoms with Gasteiger partial charge in [-0.15, -0.1) is 11.3 Å². The van der Waals surface area contributed by atoms with Crippen LogP contribution in [0.5, 0.6) is 0 Å². The molecule has 1 N–H and O–H groups in total. The third-order valence-electron chi connectivity index (χ3n) is 2.77. The van der Waals surface area contributed by atoms with Gasteiger partial charge in [-0.1, -0.05) is 27.7 Å². The van der Waals surface area contributed by atoms with Crippen LogP contribution < -0.4 is 5.32 Å². The fraction of sp³-hybridized carbons (Fsp3) is 0.786. The summed E-state index contributed by atoms with van der Waals surface area (Å²) < 4.78 is 0. The first-order valence-electron chi connectivity index (χ1n) is 6.69. The highest BCUT2D eigenvalue weighted by atomic mass is 32.1. The van der Waals surface area contributed by atoms with E-state index in [0.29, 0.717) is 6.04 Å². The van der Waals surface area contributed by atoms with Gasteiger partial charge < -0.3 is 5.32 Å². The summed E-state index contributed by atoms with van der Waals surface area (Å²) in [4.78, 5) is 4.31. The molecule has 98 valence electrons. The molecule has 1 rings (SSSR count). The van der Waals surface area contributed by atoms with Crippen molar-refractivity contribution in [2.24, 2.45) is 11.8 Å². The molecule has 17 heavy (non-hydrogen) atoms. The monoisotopic (exact) mass is 254 g/mol. The highest BCUT2D eigenvalue weighted by Crippen LogP contribution is 2.13. The number of nitrogens with one attached hydrogen (secondary N) is 1. The van der Waals surface area contributed by atoms with Crippen molar-refractivity contribution in [2.45, 2.75) is 53.0 Å². The predicted octanol–water partition coefficient (Wildman–Crippen LogP) is 3.74. The first-order chi connectivity index (χ1) is 8.08. The molecule has 0 aliphatic rings. The van der Waals surface area contributed by atoms with Crippen LogP contribution in [0.4, 0.5) is 0 Å². The second-order valence-corrected chi connectivity index (χ2v) is 6.57. The van der Waals surface area contributed by atoms with E-state index in [4.69, 9.17) is 0 Å². The molecular weight excluding hydrogens is 228 g/mol. The van der Waals surface area contributed by atoms with Crippen molar-refractivity contribution >= 4 is 11.3 Å². The molecule has 0 radical (unpaired) electrons. The Morgan fingerprint density at radius 3 is 2.29 bits per heavy atom. The molecule has 0 atom stereocenters. The molecule has 0 aromatic carbocycles. The molecular formula is C14H26N2S. The largest absolute Gasteiger partial charge is 0.314 e. The Balaban J connectivity index is 2.27. The molecule has 3 heteroatoms. The third kappa shape index (κ3) is 6.79. The molecule has 0 aliphatic heterocycles. The standard InChI is InChI=1S/C14H26N2S/c1-11(2)9-13(10-12(3)4)15-6-5-14-16-7-8-17-14/h7-8,11-13,15H,5-6,9-10H2,1-4H3. The van der Waals surface area contributed by atoms with Gasteiger partial charge in [0.05, 0.1) is 5.01 Å². The molecule has 0 unspecified atom stereocenters. The van der Waals surface area contributed by atoms with E-state index in [1.807, 2.05) is 6.20 Å². The first kappa shape index (κ1) is 14.7. The lowest BCUT2D eigenvalue weighted by Crippen LogP contribution is -2.33. The number of thiazole rings is 1. The minimum Gasteiger partial charge on any atom is -0.314 e. The molecule has 2 nitrogen and oxygen atoms in total. The van der Waals surface area contributed by atoms with E-state index in [0.717, 1.165) is 24.8 Å². The summed E-state index contributed by atoms with van der Waals surface area (Å²) in [5.41, 5.74) is 0. The van der Waals surface area contributed by atoms with Crippen LogP contribution in [0.25, 0.3) is 0 Å². The molecule has 0 aliphatic carbocycles. The Kier molecular flexibility index (Phi) is 6.75. The first-order valence-corrected chi connectivity index (χ1v) is 7.57. The third-order valence-corrected chi connectivity index (χ3v) is 3.61. The topological polar surface area (TPSA) is 24.9 Å². The maximum Gasteiger partial charge on any atom is 0.0937 e. The Bertz CT molecular complexity index is 270. The van der Waals surface area contributed by atoms with Crippen LogP contribution >= 0.6 is 11.3 Å². The Hall–Kier alpha value is -0.410. The van der Waals surface area contributed by atoms with E-state index in [1.54, 1.807) is 11.3 Å². The lowest BCUT2D eigenvalue weighted by Gasteiger charge is -2.22. The van der Waals surface area contributed by atoms with E-state index in [9.17, 15) is 0 Å². The second kappa shape index (κ2) is 7.83. The molecule has 0 saturated heterocycles. The summed E-state index contributed by atoms with van der Waals surface area (Å²) in [6.45, 7) is 10.3. The van der Waals surface area contributed by atoms with Crippen LogP contribution in [-0.4, -0.2) is 17.6 Å². The smallest absolute Gasteiger partial charge is 0.0937 e. The summed E-state index contributed by atoms with van der Waals surface area (Å²) in [5, 5.41) is 6.98. The Morgan fingerprint density at radius 2 is 1.82 bits per heavy atom. The maximum absolute atomic E-state index is 4.31. The zero-order valence-electron chi connectivity index (χ0n) is 11.6. The molecule has 0 saturated carbocycles. The van der Waals surface area contributed by atoms with Crippen molar-refractivity contribution < 1.29 is 0 Å². The van der Waals surface area contributed by atoms with Crippen molar-refractivity contribution in [1.29, 1.82) is 0 Å². The van der Waals surface area contributed by atoms with Gasteiger partial charge in [0, 0.05) is 30.6 Å². The molecule has 1 aromatic rings. The number of hydrogen-bond donors (Lipinski definition) is 1. The molecule has 1 heterocycles. The van der Waals surface area contributed by atoms with Crippen LogP contribution in [0.15, 0.2) is 11.6 Å². The molecule has 0 amide bonds. The van der Waals surface area contributed by atoms with Gasteiger partial charge in [0.25, 0.3) is 0 Å². The van der Waals surface area contributed by atoms with Crippen LogP contribution in [-0.2, 0) is 6.42 Å². The summed E-state index contributed by atoms with van der Waals surface area (Å²) in [6.07, 6.45) is 5.50. The Labute approximate surface area is 110 Å². The summed E-state index contributed by atoms with van der Waals surface area (Å²) in [5.74, 6) is 1.54. The number of nitrogens with zero attached hydrogens (tertiary/aromatic N) is 1. The minimum atomic E-state index is 0.662. The van der Waals surface area contributed by atoms with Gasteiger partial charge in [0.2, 0.25) is 0 Å². The van der Waals surface area contributed by atoms with Crippen LogP contribution in [0, 0.1) is 11.8 Å². The fourth-order valence-electron chi connectivity index (χ4n) is 2.16. The van der Waals surface area contributed by atoms with Crippen molar-refractivity contribution in [3.63, 3.8) is 0 Å². The Morgan fingerprint density at radius 1 is 1.18 bits per heavy atom. The SMILES string of the molecule is CC(C)CC(CC(C)C)NCCc1nccs1. The van der Waals surface area contributed by atoms with Gasteiger partial charge in [-0.05, 0) is 24.7 Å². The lowest BCUT2D eigenvalue weighted by molar-refractivity contribution is 0.361. The summed E-state index contributed by atoms with van der Waals surface area (Å²) in [6, 6.07) is 0.662. The predicted molar refractivity (Wildman–Crippen MR) is 76.5 cm³/mol. The van der Waals surface area contributed by atoms with Gasteiger partial charge in [0.15, 0.2) is 0 Å². The van der Waals surface area contributed by atoms with Gasteiger partial charge in [0.1, 0.15) is 0 Å². The van der Waals surface area contributed by atoms with Gasteiger partial charge in [-0.2, -0.15) is 0 Å². The molecule has 1 aromatic heterocycles. The fourth-order valence-corrected chi connectivity index (χ4v) is 2.78. The number of rotatable bonds is 8. The summed E-state index contributed by atoms with van der Waals surface area (Å²) in [7, 11) is 0. The van der Waals surface area contributed by atoms with Gasteiger partial charge >= 0.3 is 0 Å². The minimum absolute atomic E-state index is 0.662. The zero-order valence-corrected chi connectivity index (χ0v) is 12.4. The normalized spacial score (nSPS) is 11.9. The van der Waals surface area contributed by atoms with Crippen molar-refractivity contribution in [3.05, 3.63) is 16.6 Å². The quantitative estimate of drug-likeness (QED) is 0.764. The van der Waals surface area contributed by atoms with E-state index >= 15 is 0 Å². The van der Waals surface area contributed by atoms with Crippen molar-refractivity contribution in [2.75, 3.05) is 6.54 Å². The van der Waals surface area contributed by atoms with E-state index in [2.05, 4.69) is 43.4 Å². The highest BCUT2D eigenvalue weighted by Gasteiger charge is 2.12. The molecule has 0 spiro atoms. The maximum atomic E-state index is 4.31. The van der Waals surface area contributed by atoms with E-state index < -0.39 is 0 Å². The van der Waals surface area contributed by atoms with Gasteiger partial charge in [-0.25, -0.2) is 4.98 Å². The second-order valence-electron chi connectivity index (χ2n) is 5.59. The zero-order chi connectivity index (χ0) is 12.7. The molecule has 0 bridgehead atoms. The van der Waals surface area contributed by atoms with Gasteiger partial charge in [-0.3, -0.25) is 0 Å². The molecule has 0 fully saturated rings. The van der Waals surface area contributed by atoms with E-state index in [-0.39, 0.29) is 0 Å². The average molecular weight is 254 g/mol. The highest BCUT2D eigenvalue weighted by molar-refractivity contribution is 7.09. The lowest BCUT2D eigenvalue weighted by atomic mass is 9.95. The number of aromatic nitrogens is 1. The van der Waals surface area contributed by atoms with Crippen LogP contribution in [0.1, 0.15) is 45.5 Å². The average Bonchev–Trinajstić information content (AvgIpc) is 2.68. The van der Waals surface area contributed by atoms with Crippen molar-refractivity contribution in [3.8, 4) is 0 Å². The number of hydrogen-bond acceptors (Lipinski definition) is 3. The summed E-state index contributed by atoms with van der Waals surface area (Å²) >= 11 is 1.75. The van der Waals surface area contributed by atoms with Crippen LogP contribution in [0.3, 0.4) is 0 Å². The van der Waals surface area contributed by atoms with Crippen molar-refractivity contribution in [1.82, 2.24) is 10.3 Å². The van der Waals surface area contributed by atoms with E-state index in [1.165, 1.54) is 17.8 Å². The van der Waals surface area contributed by atoms with Crippen LogP contribution in [0.2, 0.25) is 0 Å².